The van der Waals surface area contributed by atoms with Crippen molar-refractivity contribution in [1.29, 1.82) is 0 Å². The van der Waals surface area contributed by atoms with Gasteiger partial charge in [-0.15, -0.1) is 0 Å². The number of aromatic carboxylic acids is 1. The third kappa shape index (κ3) is 2.64. The van der Waals surface area contributed by atoms with Gasteiger partial charge >= 0.3 is 12.1 Å². The largest absolute Gasteiger partial charge is 0.476 e. The van der Waals surface area contributed by atoms with Crippen LogP contribution in [0, 0.1) is 6.92 Å². The van der Waals surface area contributed by atoms with Crippen molar-refractivity contribution in [3.63, 3.8) is 0 Å². The average molecular weight is 329 g/mol. The van der Waals surface area contributed by atoms with Gasteiger partial charge in [0.05, 0.1) is 11.7 Å². The van der Waals surface area contributed by atoms with Crippen LogP contribution in [0.2, 0.25) is 0 Å². The zero-order valence-corrected chi connectivity index (χ0v) is 12.3. The van der Waals surface area contributed by atoms with Gasteiger partial charge < -0.3 is 10.4 Å². The molecule has 124 valence electrons. The SMILES string of the molecule is Cc1nn(C)cc1[C@H]1C[C@H](C(F)(F)F)n2nc(C(=O)O)cc2N1. The van der Waals surface area contributed by atoms with Crippen molar-refractivity contribution in [3.8, 4) is 0 Å². The molecule has 0 aromatic carbocycles. The van der Waals surface area contributed by atoms with Gasteiger partial charge in [0, 0.05) is 31.3 Å². The van der Waals surface area contributed by atoms with Crippen molar-refractivity contribution >= 4 is 11.8 Å². The summed E-state index contributed by atoms with van der Waals surface area (Å²) >= 11 is 0. The van der Waals surface area contributed by atoms with Crippen LogP contribution in [0.15, 0.2) is 12.3 Å². The summed E-state index contributed by atoms with van der Waals surface area (Å²) in [5.41, 5.74) is 0.841. The molecule has 7 nitrogen and oxygen atoms in total. The first-order valence-corrected chi connectivity index (χ1v) is 6.83. The first-order valence-electron chi connectivity index (χ1n) is 6.83. The lowest BCUT2D eigenvalue weighted by Crippen LogP contribution is -2.35. The number of anilines is 1. The molecule has 0 radical (unpaired) electrons. The van der Waals surface area contributed by atoms with Gasteiger partial charge in [-0.1, -0.05) is 0 Å². The van der Waals surface area contributed by atoms with Gasteiger partial charge in [0.1, 0.15) is 5.82 Å². The van der Waals surface area contributed by atoms with Crippen LogP contribution in [0.4, 0.5) is 19.0 Å². The Morgan fingerprint density at radius 3 is 2.65 bits per heavy atom. The fourth-order valence-electron chi connectivity index (χ4n) is 2.84. The molecular formula is C13H14F3N5O2. The molecule has 2 atom stereocenters. The zero-order chi connectivity index (χ0) is 16.9. The Bertz CT molecular complexity index is 764. The molecule has 0 unspecified atom stereocenters. The molecule has 2 N–H and O–H groups in total. The number of alkyl halides is 3. The van der Waals surface area contributed by atoms with Crippen LogP contribution >= 0.6 is 0 Å². The minimum absolute atomic E-state index is 0.0317. The second kappa shape index (κ2) is 5.00. The standard InChI is InChI=1S/C13H14F3N5O2/c1-6-7(5-20(2)18-6)8-3-10(13(14,15)16)21-11(17-8)4-9(19-21)12(22)23/h4-5,8,10,17H,3H2,1-2H3,(H,22,23)/t8-,10-/m1/s1. The molecule has 3 rings (SSSR count). The minimum atomic E-state index is -4.53. The lowest BCUT2D eigenvalue weighted by molar-refractivity contribution is -0.173. The molecule has 10 heteroatoms. The molecule has 2 aromatic heterocycles. The first kappa shape index (κ1) is 15.4. The summed E-state index contributed by atoms with van der Waals surface area (Å²) in [4.78, 5) is 11.0. The molecule has 0 fully saturated rings. The Kier molecular flexibility index (Phi) is 3.34. The molecule has 0 saturated carbocycles. The van der Waals surface area contributed by atoms with Crippen molar-refractivity contribution in [1.82, 2.24) is 19.6 Å². The molecule has 0 spiro atoms. The number of nitrogens with one attached hydrogen (secondary N) is 1. The van der Waals surface area contributed by atoms with Gasteiger partial charge in [0.2, 0.25) is 0 Å². The predicted molar refractivity (Wildman–Crippen MR) is 73.2 cm³/mol. The normalized spacial score (nSPS) is 20.9. The van der Waals surface area contributed by atoms with Crippen LogP contribution in [0.3, 0.4) is 0 Å². The number of carbonyl (C=O) groups is 1. The summed E-state index contributed by atoms with van der Waals surface area (Å²) < 4.78 is 42.3. The monoisotopic (exact) mass is 329 g/mol. The third-order valence-corrected chi connectivity index (χ3v) is 3.84. The van der Waals surface area contributed by atoms with E-state index in [4.69, 9.17) is 5.11 Å². The van der Waals surface area contributed by atoms with Crippen LogP contribution in [-0.4, -0.2) is 36.8 Å². The van der Waals surface area contributed by atoms with Crippen LogP contribution < -0.4 is 5.32 Å². The van der Waals surface area contributed by atoms with E-state index in [-0.39, 0.29) is 12.2 Å². The van der Waals surface area contributed by atoms with E-state index in [1.807, 2.05) is 0 Å². The zero-order valence-electron chi connectivity index (χ0n) is 12.3. The van der Waals surface area contributed by atoms with Gasteiger partial charge in [0.15, 0.2) is 11.7 Å². The number of aryl methyl sites for hydroxylation is 2. The van der Waals surface area contributed by atoms with Gasteiger partial charge in [-0.3, -0.25) is 4.68 Å². The number of carboxylic acids is 1. The Morgan fingerprint density at radius 1 is 1.43 bits per heavy atom. The first-order chi connectivity index (χ1) is 10.7. The molecule has 2 aromatic rings. The Balaban J connectivity index is 2.05. The summed E-state index contributed by atoms with van der Waals surface area (Å²) in [5.74, 6) is -1.34. The highest BCUT2D eigenvalue weighted by Gasteiger charge is 2.47. The van der Waals surface area contributed by atoms with Crippen molar-refractivity contribution < 1.29 is 23.1 Å². The van der Waals surface area contributed by atoms with Gasteiger partial charge in [-0.25, -0.2) is 9.48 Å². The number of halogens is 3. The highest BCUT2D eigenvalue weighted by molar-refractivity contribution is 5.86. The molecule has 1 aliphatic rings. The molecule has 3 heterocycles. The second-order valence-corrected chi connectivity index (χ2v) is 5.50. The van der Waals surface area contributed by atoms with Crippen LogP contribution in [0.5, 0.6) is 0 Å². The lowest BCUT2D eigenvalue weighted by Gasteiger charge is -2.33. The smallest absolute Gasteiger partial charge is 0.410 e. The number of carboxylic acid groups (broad SMARTS) is 1. The maximum absolute atomic E-state index is 13.4. The van der Waals surface area contributed by atoms with Crippen LogP contribution in [0.25, 0.3) is 0 Å². The quantitative estimate of drug-likeness (QED) is 0.883. The van der Waals surface area contributed by atoms with E-state index < -0.39 is 29.9 Å². The molecule has 0 bridgehead atoms. The Morgan fingerprint density at radius 2 is 2.13 bits per heavy atom. The van der Waals surface area contributed by atoms with E-state index >= 15 is 0 Å². The maximum atomic E-state index is 13.4. The maximum Gasteiger partial charge on any atom is 0.410 e. The fraction of sp³-hybridized carbons (Fsp3) is 0.462. The van der Waals surface area contributed by atoms with E-state index in [1.165, 1.54) is 4.68 Å². The molecule has 0 saturated heterocycles. The van der Waals surface area contributed by atoms with E-state index in [9.17, 15) is 18.0 Å². The summed E-state index contributed by atoms with van der Waals surface area (Å²) in [5, 5.41) is 19.6. The van der Waals surface area contributed by atoms with E-state index in [0.717, 1.165) is 6.07 Å². The number of aromatic nitrogens is 4. The van der Waals surface area contributed by atoms with Crippen molar-refractivity contribution in [3.05, 3.63) is 29.2 Å². The Labute approximate surface area is 128 Å². The molecule has 1 aliphatic heterocycles. The van der Waals surface area contributed by atoms with E-state index in [1.54, 1.807) is 20.2 Å². The summed E-state index contributed by atoms with van der Waals surface area (Å²) in [6, 6.07) is -1.41. The van der Waals surface area contributed by atoms with Crippen molar-refractivity contribution in [2.45, 2.75) is 31.6 Å². The van der Waals surface area contributed by atoms with Crippen LogP contribution in [-0.2, 0) is 7.05 Å². The van der Waals surface area contributed by atoms with E-state index in [2.05, 4.69) is 15.5 Å². The van der Waals surface area contributed by atoms with E-state index in [0.29, 0.717) is 15.9 Å². The number of rotatable bonds is 2. The molecule has 0 aliphatic carbocycles. The average Bonchev–Trinajstić information content (AvgIpc) is 2.99. The third-order valence-electron chi connectivity index (χ3n) is 3.84. The fourth-order valence-corrected chi connectivity index (χ4v) is 2.84. The number of hydrogen-bond acceptors (Lipinski definition) is 4. The van der Waals surface area contributed by atoms with Crippen molar-refractivity contribution in [2.24, 2.45) is 7.05 Å². The lowest BCUT2D eigenvalue weighted by atomic mass is 9.97. The highest BCUT2D eigenvalue weighted by atomic mass is 19.4. The summed E-state index contributed by atoms with van der Waals surface area (Å²) in [7, 11) is 1.69. The van der Waals surface area contributed by atoms with Gasteiger partial charge in [-0.2, -0.15) is 23.4 Å². The van der Waals surface area contributed by atoms with Gasteiger partial charge in [-0.05, 0) is 6.92 Å². The van der Waals surface area contributed by atoms with Gasteiger partial charge in [0.25, 0.3) is 0 Å². The second-order valence-electron chi connectivity index (χ2n) is 5.50. The minimum Gasteiger partial charge on any atom is -0.476 e. The van der Waals surface area contributed by atoms with Crippen molar-refractivity contribution in [2.75, 3.05) is 5.32 Å². The molecule has 0 amide bonds. The number of nitrogens with zero attached hydrogens (tertiary/aromatic N) is 4. The topological polar surface area (TPSA) is 85.0 Å². The molecular weight excluding hydrogens is 315 g/mol. The number of hydrogen-bond donors (Lipinski definition) is 2. The molecule has 23 heavy (non-hydrogen) atoms. The summed E-state index contributed by atoms with van der Waals surface area (Å²) in [6.07, 6.45) is -3.17. The Hall–Kier alpha value is -2.52. The number of fused-ring (bicyclic) bond motifs is 1. The predicted octanol–water partition coefficient (Wildman–Crippen LogP) is 2.28. The van der Waals surface area contributed by atoms with Crippen LogP contribution in [0.1, 0.15) is 40.3 Å². The summed E-state index contributed by atoms with van der Waals surface area (Å²) in [6.45, 7) is 1.72. The highest BCUT2D eigenvalue weighted by Crippen LogP contribution is 2.43.